The van der Waals surface area contributed by atoms with Crippen LogP contribution in [-0.2, 0) is 9.59 Å². The van der Waals surface area contributed by atoms with Crippen molar-refractivity contribution in [3.63, 3.8) is 0 Å². The second-order valence-corrected chi connectivity index (χ2v) is 6.26. The van der Waals surface area contributed by atoms with Crippen LogP contribution in [0.3, 0.4) is 0 Å². The van der Waals surface area contributed by atoms with Crippen molar-refractivity contribution in [3.8, 4) is 0 Å². The molecule has 110 valence electrons. The van der Waals surface area contributed by atoms with Gasteiger partial charge in [0.05, 0.1) is 5.41 Å². The van der Waals surface area contributed by atoms with Crippen LogP contribution in [0.5, 0.6) is 0 Å². The summed E-state index contributed by atoms with van der Waals surface area (Å²) in [5.41, 5.74) is -0.640. The average molecular weight is 269 g/mol. The fraction of sp³-hybridized carbons (Fsp3) is 0.867. The van der Waals surface area contributed by atoms with Gasteiger partial charge in [0.15, 0.2) is 0 Å². The van der Waals surface area contributed by atoms with E-state index < -0.39 is 11.4 Å². The molecule has 4 nitrogen and oxygen atoms in total. The van der Waals surface area contributed by atoms with E-state index in [1.54, 1.807) is 0 Å². The first-order valence-electron chi connectivity index (χ1n) is 7.32. The van der Waals surface area contributed by atoms with Crippen molar-refractivity contribution in [1.29, 1.82) is 0 Å². The van der Waals surface area contributed by atoms with E-state index in [1.165, 1.54) is 0 Å². The van der Waals surface area contributed by atoms with Crippen LogP contribution in [0, 0.1) is 16.7 Å². The summed E-state index contributed by atoms with van der Waals surface area (Å²) >= 11 is 0. The highest BCUT2D eigenvalue weighted by molar-refractivity contribution is 5.84. The first-order chi connectivity index (χ1) is 8.82. The third kappa shape index (κ3) is 3.48. The predicted molar refractivity (Wildman–Crippen MR) is 74.8 cm³/mol. The maximum atomic E-state index is 12.0. The third-order valence-corrected chi connectivity index (χ3v) is 5.06. The van der Waals surface area contributed by atoms with E-state index in [1.807, 2.05) is 13.8 Å². The summed E-state index contributed by atoms with van der Waals surface area (Å²) in [6.45, 7) is 8.72. The van der Waals surface area contributed by atoms with Crippen molar-refractivity contribution in [2.45, 2.75) is 59.8 Å². The molecular weight excluding hydrogens is 242 g/mol. The molecule has 1 rings (SSSR count). The molecule has 0 bridgehead atoms. The number of carboxylic acids is 1. The molecule has 0 aromatic carbocycles. The largest absolute Gasteiger partial charge is 0.481 e. The van der Waals surface area contributed by atoms with Crippen LogP contribution in [0.4, 0.5) is 0 Å². The fourth-order valence-electron chi connectivity index (χ4n) is 2.64. The number of rotatable bonds is 8. The molecule has 0 unspecified atom stereocenters. The number of hydrogen-bond acceptors (Lipinski definition) is 2. The molecule has 4 heteroatoms. The number of carbonyl (C=O) groups is 2. The lowest BCUT2D eigenvalue weighted by Crippen LogP contribution is -2.39. The Kier molecular flexibility index (Phi) is 4.99. The number of nitrogens with one attached hydrogen (secondary N) is 1. The van der Waals surface area contributed by atoms with Crippen LogP contribution >= 0.6 is 0 Å². The van der Waals surface area contributed by atoms with Gasteiger partial charge in [0, 0.05) is 13.0 Å². The molecular formula is C15H27NO3. The minimum Gasteiger partial charge on any atom is -0.481 e. The zero-order chi connectivity index (χ0) is 14.7. The summed E-state index contributed by atoms with van der Waals surface area (Å²) in [4.78, 5) is 23.4. The Balaban J connectivity index is 2.53. The zero-order valence-electron chi connectivity index (χ0n) is 12.6. The summed E-state index contributed by atoms with van der Waals surface area (Å²) in [7, 11) is 0. The lowest BCUT2D eigenvalue weighted by atomic mass is 9.79. The standard InChI is InChI=1S/C15H27NO3/c1-5-14(6-2,13(18)19)9-12(17)16-10-15(7-8-15)11(3)4/h11H,5-10H2,1-4H3,(H,16,17)(H,18,19). The Morgan fingerprint density at radius 1 is 1.26 bits per heavy atom. The van der Waals surface area contributed by atoms with Gasteiger partial charge in [-0.05, 0) is 37.0 Å². The number of hydrogen-bond donors (Lipinski definition) is 2. The first kappa shape index (κ1) is 16.0. The number of carbonyl (C=O) groups excluding carboxylic acids is 1. The summed E-state index contributed by atoms with van der Waals surface area (Å²) in [6.07, 6.45) is 3.39. The van der Waals surface area contributed by atoms with Crippen molar-refractivity contribution in [2.75, 3.05) is 6.54 Å². The quantitative estimate of drug-likeness (QED) is 0.712. The van der Waals surface area contributed by atoms with Gasteiger partial charge in [-0.1, -0.05) is 27.7 Å². The van der Waals surface area contributed by atoms with Gasteiger partial charge in [0.1, 0.15) is 0 Å². The van der Waals surface area contributed by atoms with Gasteiger partial charge >= 0.3 is 5.97 Å². The van der Waals surface area contributed by atoms with E-state index in [-0.39, 0.29) is 17.7 Å². The van der Waals surface area contributed by atoms with Crippen molar-refractivity contribution >= 4 is 11.9 Å². The molecule has 0 atom stereocenters. The average Bonchev–Trinajstić information content (AvgIpc) is 3.14. The van der Waals surface area contributed by atoms with E-state index in [9.17, 15) is 14.7 Å². The number of amides is 1. The fourth-order valence-corrected chi connectivity index (χ4v) is 2.64. The van der Waals surface area contributed by atoms with Gasteiger partial charge in [-0.2, -0.15) is 0 Å². The van der Waals surface area contributed by atoms with Crippen LogP contribution in [0.1, 0.15) is 59.8 Å². The topological polar surface area (TPSA) is 66.4 Å². The molecule has 19 heavy (non-hydrogen) atoms. The van der Waals surface area contributed by atoms with Gasteiger partial charge in [-0.15, -0.1) is 0 Å². The van der Waals surface area contributed by atoms with E-state index in [2.05, 4.69) is 19.2 Å². The van der Waals surface area contributed by atoms with Crippen molar-refractivity contribution in [3.05, 3.63) is 0 Å². The van der Waals surface area contributed by atoms with Gasteiger partial charge in [0.25, 0.3) is 0 Å². The molecule has 0 spiro atoms. The van der Waals surface area contributed by atoms with Crippen LogP contribution in [0.15, 0.2) is 0 Å². The molecule has 1 aliphatic carbocycles. The Labute approximate surface area is 116 Å². The lowest BCUT2D eigenvalue weighted by Gasteiger charge is -2.27. The maximum Gasteiger partial charge on any atom is 0.310 e. The van der Waals surface area contributed by atoms with E-state index in [0.29, 0.717) is 25.3 Å². The van der Waals surface area contributed by atoms with Crippen LogP contribution in [-0.4, -0.2) is 23.5 Å². The molecule has 2 N–H and O–H groups in total. The molecule has 0 heterocycles. The van der Waals surface area contributed by atoms with Crippen LogP contribution in [0.25, 0.3) is 0 Å². The van der Waals surface area contributed by atoms with Crippen molar-refractivity contribution < 1.29 is 14.7 Å². The van der Waals surface area contributed by atoms with Gasteiger partial charge in [-0.3, -0.25) is 9.59 Å². The molecule has 1 aliphatic rings. The first-order valence-corrected chi connectivity index (χ1v) is 7.32. The van der Waals surface area contributed by atoms with Crippen molar-refractivity contribution in [2.24, 2.45) is 16.7 Å². The summed E-state index contributed by atoms with van der Waals surface area (Å²) < 4.78 is 0. The smallest absolute Gasteiger partial charge is 0.310 e. The highest BCUT2D eigenvalue weighted by Crippen LogP contribution is 2.51. The minimum absolute atomic E-state index is 0.0868. The maximum absolute atomic E-state index is 12.0. The highest BCUT2D eigenvalue weighted by Gasteiger charge is 2.45. The lowest BCUT2D eigenvalue weighted by molar-refractivity contribution is -0.152. The summed E-state index contributed by atoms with van der Waals surface area (Å²) in [5, 5.41) is 12.3. The molecule has 1 saturated carbocycles. The molecule has 1 fully saturated rings. The third-order valence-electron chi connectivity index (χ3n) is 5.06. The highest BCUT2D eigenvalue weighted by atomic mass is 16.4. The van der Waals surface area contributed by atoms with Crippen molar-refractivity contribution in [1.82, 2.24) is 5.32 Å². The minimum atomic E-state index is -0.904. The Morgan fingerprint density at radius 2 is 1.79 bits per heavy atom. The van der Waals surface area contributed by atoms with Gasteiger partial charge in [-0.25, -0.2) is 0 Å². The molecule has 0 radical (unpaired) electrons. The Hall–Kier alpha value is -1.06. The number of aliphatic carboxylic acids is 1. The summed E-state index contributed by atoms with van der Waals surface area (Å²) in [6, 6.07) is 0. The Bertz CT molecular complexity index is 341. The van der Waals surface area contributed by atoms with Gasteiger partial charge in [0.2, 0.25) is 5.91 Å². The normalized spacial score (nSPS) is 17.3. The van der Waals surface area contributed by atoms with Crippen LogP contribution < -0.4 is 5.32 Å². The molecule has 0 aromatic rings. The van der Waals surface area contributed by atoms with Gasteiger partial charge < -0.3 is 10.4 Å². The van der Waals surface area contributed by atoms with E-state index >= 15 is 0 Å². The second kappa shape index (κ2) is 5.93. The predicted octanol–water partition coefficient (Wildman–Crippen LogP) is 2.82. The second-order valence-electron chi connectivity index (χ2n) is 6.26. The Morgan fingerprint density at radius 3 is 2.11 bits per heavy atom. The number of carboxylic acid groups (broad SMARTS) is 1. The summed E-state index contributed by atoms with van der Waals surface area (Å²) in [5.74, 6) is -0.426. The van der Waals surface area contributed by atoms with E-state index in [4.69, 9.17) is 0 Å². The molecule has 0 saturated heterocycles. The SMILES string of the molecule is CCC(CC)(CC(=O)NCC1(C(C)C)CC1)C(=O)O. The zero-order valence-corrected chi connectivity index (χ0v) is 12.6. The molecule has 0 aliphatic heterocycles. The monoisotopic (exact) mass is 269 g/mol. The molecule has 0 aromatic heterocycles. The van der Waals surface area contributed by atoms with Crippen LogP contribution in [0.2, 0.25) is 0 Å². The molecule has 1 amide bonds. The van der Waals surface area contributed by atoms with E-state index in [0.717, 1.165) is 12.8 Å².